The molecule has 0 aliphatic rings. The number of rotatable bonds is 11. The zero-order chi connectivity index (χ0) is 88.5. The van der Waals surface area contributed by atoms with Crippen molar-refractivity contribution >= 4 is 141 Å². The monoisotopic (exact) mass is 1750 g/mol. The van der Waals surface area contributed by atoms with E-state index in [1.165, 1.54) is 208 Å². The molecule has 0 bridgehead atoms. The van der Waals surface area contributed by atoms with Gasteiger partial charge >= 0.3 is 0 Å². The molecule has 0 radical (unpaired) electrons. The van der Waals surface area contributed by atoms with Crippen LogP contribution in [0.1, 0.15) is 22.3 Å². The van der Waals surface area contributed by atoms with Gasteiger partial charge in [-0.25, -0.2) is 0 Å². The molecule has 0 aliphatic heterocycles. The summed E-state index contributed by atoms with van der Waals surface area (Å²) >= 11 is 0. The van der Waals surface area contributed by atoms with Crippen LogP contribution in [0.2, 0.25) is 0 Å². The molecular formula is C135H96O2. The molecule has 0 aliphatic carbocycles. The zero-order valence-electron chi connectivity index (χ0n) is 73.3. The van der Waals surface area contributed by atoms with Gasteiger partial charge in [-0.2, -0.15) is 0 Å². The average molecular weight is 1750 g/mol. The van der Waals surface area contributed by atoms with Crippen molar-refractivity contribution in [3.05, 3.63) is 510 Å². The molecular weight excluding hydrogens is 1650 g/mol. The first-order valence-electron chi connectivity index (χ1n) is 46.1. The van der Waals surface area contributed by atoms with Crippen LogP contribution < -0.4 is 0 Å². The Hall–Kier alpha value is -17.6. The van der Waals surface area contributed by atoms with E-state index in [1.54, 1.807) is 0 Å². The Morgan fingerprint density at radius 1 is 0.0949 bits per heavy atom. The average Bonchev–Trinajstić information content (AvgIpc) is 1.49. The highest BCUT2D eigenvalue weighted by atomic mass is 16.3. The van der Waals surface area contributed by atoms with Crippen LogP contribution in [0.5, 0.6) is 0 Å². The SMILES string of the molecule is C.C.C.c1cc(-c2ccc3cc(-c4ccc5ccccc5c4)ccc3c2)cc(-c2cc3ccccc3c3ccccc23)c1.c1ccc(-c2cccc(-c3ccc4oc5cc6oc7ccc(-c8cccc(-c9ccccc9)c8)cc7c6cc5c4c3)c2)cc1.c1ccc2cc(-c3ccc(-c4cc5c6ccccc6c(-c6ccc(-c7ccc8ccccc8c7)cc6)cc5c5ccccc45)cc3)ccc2c1. The number of fused-ring (bicyclic) bond motifs is 18. The lowest BCUT2D eigenvalue weighted by Crippen LogP contribution is -1.89. The summed E-state index contributed by atoms with van der Waals surface area (Å²) < 4.78 is 12.7. The Bertz CT molecular complexity index is 8920. The standard InChI is InChI=1S/C50H32.C42H26O2.C40H26.3CH4/c1-3-11-39-29-41(27-21-33(39)9-1)35-17-23-37(24-18-35)47-31-49-46-16-8-6-14-44(46)48(32-50(49)45-15-7-5-13-43(45)47)38-25-19-36(20-26-38)42-28-22-34-10-2-4-12-40(34)30-42;1-3-9-27(10-4-1)29-13-7-15-31(21-29)33-17-19-39-35(23-33)37-25-38-36-24-34(18-20-40(36)44-42(38)26-41(37)43-39)32-16-8-14-30(22-32)28-11-5-2-6-12-28;1-2-9-28-22-31(17-16-27(28)8-1)33-21-20-32-23-30(18-19-34(32)24-33)29-11-7-12-35(25-29)40-26-36-10-3-4-13-37(36)38-14-5-6-15-39(38)40;;;/h1-32H;1-26H;1-26H;3*1H4. The van der Waals surface area contributed by atoms with Crippen LogP contribution in [0, 0.1) is 0 Å². The zero-order valence-corrected chi connectivity index (χ0v) is 73.3. The second-order valence-electron chi connectivity index (χ2n) is 35.3. The molecule has 0 N–H and O–H groups in total. The first-order valence-corrected chi connectivity index (χ1v) is 46.1. The molecule has 27 rings (SSSR count). The lowest BCUT2D eigenvalue weighted by molar-refractivity contribution is 0.656. The third-order valence-corrected chi connectivity index (χ3v) is 27.3. The second-order valence-corrected chi connectivity index (χ2v) is 35.3. The predicted octanol–water partition coefficient (Wildman–Crippen LogP) is 39.5. The maximum atomic E-state index is 6.33. The van der Waals surface area contributed by atoms with Crippen LogP contribution >= 0.6 is 0 Å². The van der Waals surface area contributed by atoms with Gasteiger partial charge in [0, 0.05) is 27.6 Å². The Balaban J connectivity index is 0.000000118. The predicted molar refractivity (Wildman–Crippen MR) is 591 cm³/mol. The van der Waals surface area contributed by atoms with Gasteiger partial charge in [0.25, 0.3) is 0 Å². The molecule has 648 valence electrons. The normalized spacial score (nSPS) is 11.3. The summed E-state index contributed by atoms with van der Waals surface area (Å²) in [6.45, 7) is 0. The summed E-state index contributed by atoms with van der Waals surface area (Å²) in [4.78, 5) is 0. The Morgan fingerprint density at radius 3 is 0.723 bits per heavy atom. The molecule has 25 aromatic carbocycles. The highest BCUT2D eigenvalue weighted by Gasteiger charge is 2.21. The Labute approximate surface area is 798 Å². The Kier molecular flexibility index (Phi) is 22.4. The van der Waals surface area contributed by atoms with Crippen molar-refractivity contribution < 1.29 is 8.83 Å². The van der Waals surface area contributed by atoms with Gasteiger partial charge in [-0.1, -0.05) is 429 Å². The van der Waals surface area contributed by atoms with Gasteiger partial charge in [0.15, 0.2) is 0 Å². The molecule has 0 unspecified atom stereocenters. The van der Waals surface area contributed by atoms with E-state index in [-0.39, 0.29) is 22.3 Å². The minimum atomic E-state index is 0. The summed E-state index contributed by atoms with van der Waals surface area (Å²) in [5, 5.41) is 27.3. The van der Waals surface area contributed by atoms with Gasteiger partial charge in [-0.3, -0.25) is 0 Å². The second kappa shape index (κ2) is 36.2. The lowest BCUT2D eigenvalue weighted by Gasteiger charge is -2.16. The van der Waals surface area contributed by atoms with Gasteiger partial charge in [0.2, 0.25) is 0 Å². The quantitative estimate of drug-likeness (QED) is 0.121. The van der Waals surface area contributed by atoms with E-state index in [9.17, 15) is 0 Å². The van der Waals surface area contributed by atoms with Crippen LogP contribution in [-0.4, -0.2) is 0 Å². The lowest BCUT2D eigenvalue weighted by atomic mass is 9.87. The number of benzene rings is 25. The third-order valence-electron chi connectivity index (χ3n) is 27.3. The molecule has 0 atom stereocenters. The summed E-state index contributed by atoms with van der Waals surface area (Å²) in [5.74, 6) is 0. The molecule has 0 saturated heterocycles. The maximum Gasteiger partial charge on any atom is 0.139 e. The first-order chi connectivity index (χ1) is 66.3. The third kappa shape index (κ3) is 16.0. The van der Waals surface area contributed by atoms with Gasteiger partial charge in [0.1, 0.15) is 22.3 Å². The Morgan fingerprint density at radius 2 is 0.328 bits per heavy atom. The van der Waals surface area contributed by atoms with E-state index in [1.807, 2.05) is 6.07 Å². The highest BCUT2D eigenvalue weighted by molar-refractivity contribution is 6.24. The number of hydrogen-bond acceptors (Lipinski definition) is 2. The van der Waals surface area contributed by atoms with Crippen molar-refractivity contribution in [1.29, 1.82) is 0 Å². The van der Waals surface area contributed by atoms with Gasteiger partial charge in [0.05, 0.1) is 0 Å². The van der Waals surface area contributed by atoms with Crippen LogP contribution in [-0.2, 0) is 0 Å². The minimum absolute atomic E-state index is 0. The molecule has 0 amide bonds. The minimum Gasteiger partial charge on any atom is -0.456 e. The van der Waals surface area contributed by atoms with E-state index in [2.05, 4.69) is 504 Å². The van der Waals surface area contributed by atoms with Crippen LogP contribution in [0.3, 0.4) is 0 Å². The van der Waals surface area contributed by atoms with Crippen molar-refractivity contribution in [3.63, 3.8) is 0 Å². The molecule has 2 aromatic heterocycles. The molecule has 2 nitrogen and oxygen atoms in total. The largest absolute Gasteiger partial charge is 0.456 e. The van der Waals surface area contributed by atoms with Crippen LogP contribution in [0.15, 0.2) is 518 Å². The smallest absolute Gasteiger partial charge is 0.139 e. The van der Waals surface area contributed by atoms with E-state index >= 15 is 0 Å². The van der Waals surface area contributed by atoms with Crippen molar-refractivity contribution in [2.24, 2.45) is 0 Å². The summed E-state index contributed by atoms with van der Waals surface area (Å²) in [7, 11) is 0. The molecule has 0 fully saturated rings. The molecule has 137 heavy (non-hydrogen) atoms. The fourth-order valence-corrected chi connectivity index (χ4v) is 20.4. The number of furan rings is 2. The molecule has 27 aromatic rings. The topological polar surface area (TPSA) is 26.3 Å². The van der Waals surface area contributed by atoms with E-state index in [0.29, 0.717) is 0 Å². The van der Waals surface area contributed by atoms with Crippen molar-refractivity contribution in [1.82, 2.24) is 0 Å². The van der Waals surface area contributed by atoms with Crippen LogP contribution in [0.4, 0.5) is 0 Å². The van der Waals surface area contributed by atoms with Crippen molar-refractivity contribution in [3.8, 4) is 122 Å². The molecule has 0 saturated carbocycles. The molecule has 2 heteroatoms. The summed E-state index contributed by atoms with van der Waals surface area (Å²) in [5.41, 5.74) is 30.3. The van der Waals surface area contributed by atoms with E-state index in [0.717, 1.165) is 55.0 Å². The molecule has 2 heterocycles. The van der Waals surface area contributed by atoms with Gasteiger partial charge < -0.3 is 8.83 Å². The van der Waals surface area contributed by atoms with Crippen molar-refractivity contribution in [2.75, 3.05) is 0 Å². The summed E-state index contributed by atoms with van der Waals surface area (Å²) in [6, 6.07) is 185. The highest BCUT2D eigenvalue weighted by Crippen LogP contribution is 2.47. The fourth-order valence-electron chi connectivity index (χ4n) is 20.4. The summed E-state index contributed by atoms with van der Waals surface area (Å²) in [6.07, 6.45) is 0. The van der Waals surface area contributed by atoms with Crippen LogP contribution in [0.25, 0.3) is 263 Å². The van der Waals surface area contributed by atoms with E-state index < -0.39 is 0 Å². The number of hydrogen-bond donors (Lipinski definition) is 0. The van der Waals surface area contributed by atoms with E-state index in [4.69, 9.17) is 8.83 Å². The first kappa shape index (κ1) is 85.0. The fraction of sp³-hybridized carbons (Fsp3) is 0.0222. The maximum absolute atomic E-state index is 6.33. The van der Waals surface area contributed by atoms with Gasteiger partial charge in [-0.15, -0.1) is 0 Å². The van der Waals surface area contributed by atoms with Crippen molar-refractivity contribution in [2.45, 2.75) is 22.3 Å². The molecule has 0 spiro atoms. The van der Waals surface area contributed by atoms with Gasteiger partial charge in [-0.05, 0) is 316 Å².